The Morgan fingerprint density at radius 2 is 2.39 bits per heavy atom. The Kier molecular flexibility index (Phi) is 4.24. The van der Waals surface area contributed by atoms with Crippen molar-refractivity contribution in [2.24, 2.45) is 5.73 Å². The number of nitrogens with zero attached hydrogens (tertiary/aromatic N) is 1. The first-order valence-electron chi connectivity index (χ1n) is 6.12. The highest BCUT2D eigenvalue weighted by Crippen LogP contribution is 2.27. The van der Waals surface area contributed by atoms with E-state index in [0.717, 1.165) is 23.2 Å². The highest BCUT2D eigenvalue weighted by Gasteiger charge is 2.17. The molecule has 1 atom stereocenters. The minimum atomic E-state index is -0.401. The molecule has 1 aliphatic rings. The largest absolute Gasteiger partial charge is 0.372 e. The van der Waals surface area contributed by atoms with Crippen LogP contribution in [0.5, 0.6) is 0 Å². The molecule has 1 aromatic carbocycles. The fraction of sp³-hybridized carbons (Fsp3) is 0.462. The number of nitrogens with one attached hydrogen (secondary N) is 1. The Morgan fingerprint density at radius 1 is 1.61 bits per heavy atom. The molecule has 5 heteroatoms. The zero-order valence-corrected chi connectivity index (χ0v) is 12.0. The highest BCUT2D eigenvalue weighted by molar-refractivity contribution is 9.10. The average molecular weight is 312 g/mol. The lowest BCUT2D eigenvalue weighted by atomic mass is 10.1. The summed E-state index contributed by atoms with van der Waals surface area (Å²) in [7, 11) is 2.06. The summed E-state index contributed by atoms with van der Waals surface area (Å²) in [6, 6.07) is 6.02. The zero-order chi connectivity index (χ0) is 13.1. The van der Waals surface area contributed by atoms with E-state index in [4.69, 9.17) is 5.73 Å². The Balaban J connectivity index is 2.09. The van der Waals surface area contributed by atoms with Crippen molar-refractivity contribution in [2.45, 2.75) is 18.9 Å². The van der Waals surface area contributed by atoms with E-state index in [1.807, 2.05) is 6.07 Å². The normalized spacial score (nSPS) is 18.9. The van der Waals surface area contributed by atoms with Gasteiger partial charge in [0.15, 0.2) is 0 Å². The van der Waals surface area contributed by atoms with Crippen molar-refractivity contribution in [3.8, 4) is 0 Å². The van der Waals surface area contributed by atoms with E-state index in [0.29, 0.717) is 11.6 Å². The van der Waals surface area contributed by atoms with Crippen LogP contribution in [0, 0.1) is 0 Å². The molecule has 4 nitrogen and oxygen atoms in total. The van der Waals surface area contributed by atoms with Crippen LogP contribution in [-0.2, 0) is 0 Å². The number of rotatable bonds is 4. The molecule has 0 saturated carbocycles. The van der Waals surface area contributed by atoms with E-state index < -0.39 is 5.91 Å². The number of likely N-dealkylation sites (N-methyl/N-ethyl adjacent to an activating group) is 1. The first-order chi connectivity index (χ1) is 8.58. The summed E-state index contributed by atoms with van der Waals surface area (Å²) in [5.41, 5.74) is 6.86. The minimum Gasteiger partial charge on any atom is -0.372 e. The summed E-state index contributed by atoms with van der Waals surface area (Å²) in [4.78, 5) is 13.3. The molecule has 0 spiro atoms. The number of halogens is 1. The topological polar surface area (TPSA) is 58.4 Å². The summed E-state index contributed by atoms with van der Waals surface area (Å²) < 4.78 is 0.902. The number of amides is 1. The van der Waals surface area contributed by atoms with Gasteiger partial charge in [0.05, 0.1) is 5.69 Å². The number of primary amides is 1. The van der Waals surface area contributed by atoms with Gasteiger partial charge in [0, 0.05) is 29.7 Å². The predicted octanol–water partition coefficient (Wildman–Crippen LogP) is 1.74. The number of hydrogen-bond donors (Lipinski definition) is 2. The van der Waals surface area contributed by atoms with Crippen molar-refractivity contribution < 1.29 is 4.79 Å². The molecule has 18 heavy (non-hydrogen) atoms. The molecule has 0 aliphatic carbocycles. The lowest BCUT2D eigenvalue weighted by Gasteiger charge is -2.24. The molecule has 1 unspecified atom stereocenters. The van der Waals surface area contributed by atoms with Crippen molar-refractivity contribution in [1.82, 2.24) is 5.32 Å². The van der Waals surface area contributed by atoms with Crippen molar-refractivity contribution in [2.75, 3.05) is 25.0 Å². The second-order valence-corrected chi connectivity index (χ2v) is 5.56. The van der Waals surface area contributed by atoms with E-state index in [-0.39, 0.29) is 0 Å². The molecule has 1 aromatic rings. The van der Waals surface area contributed by atoms with Crippen LogP contribution in [0.15, 0.2) is 22.7 Å². The third kappa shape index (κ3) is 3.03. The maximum absolute atomic E-state index is 11.1. The van der Waals surface area contributed by atoms with Crippen LogP contribution in [0.1, 0.15) is 23.2 Å². The molecule has 1 fully saturated rings. The summed E-state index contributed by atoms with van der Waals surface area (Å²) in [6.07, 6.45) is 2.47. The van der Waals surface area contributed by atoms with Gasteiger partial charge in [0.25, 0.3) is 0 Å². The number of carbonyl (C=O) groups is 1. The highest BCUT2D eigenvalue weighted by atomic mass is 79.9. The van der Waals surface area contributed by atoms with E-state index in [9.17, 15) is 4.79 Å². The minimum absolute atomic E-state index is 0.401. The molecule has 1 aliphatic heterocycles. The van der Waals surface area contributed by atoms with Gasteiger partial charge in [-0.05, 0) is 53.5 Å². The van der Waals surface area contributed by atoms with Crippen LogP contribution < -0.4 is 16.0 Å². The van der Waals surface area contributed by atoms with Gasteiger partial charge in [-0.15, -0.1) is 0 Å². The standard InChI is InChI=1S/C13H18BrN3O/c1-17(8-10-3-2-6-16-10)12-5-4-9(13(15)18)7-11(12)14/h4-5,7,10,16H,2-3,6,8H2,1H3,(H2,15,18). The van der Waals surface area contributed by atoms with Crippen molar-refractivity contribution in [1.29, 1.82) is 0 Å². The van der Waals surface area contributed by atoms with Gasteiger partial charge in [-0.3, -0.25) is 4.79 Å². The van der Waals surface area contributed by atoms with Crippen LogP contribution in [0.3, 0.4) is 0 Å². The lowest BCUT2D eigenvalue weighted by molar-refractivity contribution is 0.100. The van der Waals surface area contributed by atoms with Crippen LogP contribution in [0.4, 0.5) is 5.69 Å². The molecule has 98 valence electrons. The maximum Gasteiger partial charge on any atom is 0.248 e. The predicted molar refractivity (Wildman–Crippen MR) is 77.0 cm³/mol. The number of benzene rings is 1. The molecule has 1 amide bonds. The second kappa shape index (κ2) is 5.71. The third-order valence-corrected chi connectivity index (χ3v) is 3.94. The van der Waals surface area contributed by atoms with E-state index in [1.54, 1.807) is 12.1 Å². The summed E-state index contributed by atoms with van der Waals surface area (Å²) in [6.45, 7) is 2.08. The van der Waals surface area contributed by atoms with E-state index >= 15 is 0 Å². The molecular formula is C13H18BrN3O. The van der Waals surface area contributed by atoms with Gasteiger partial charge in [-0.2, -0.15) is 0 Å². The quantitative estimate of drug-likeness (QED) is 0.890. The molecule has 0 aromatic heterocycles. The molecule has 1 heterocycles. The van der Waals surface area contributed by atoms with Crippen molar-refractivity contribution in [3.05, 3.63) is 28.2 Å². The SMILES string of the molecule is CN(CC1CCCN1)c1ccc(C(N)=O)cc1Br. The lowest BCUT2D eigenvalue weighted by Crippen LogP contribution is -2.35. The second-order valence-electron chi connectivity index (χ2n) is 4.70. The smallest absolute Gasteiger partial charge is 0.248 e. The summed E-state index contributed by atoms with van der Waals surface area (Å²) >= 11 is 3.50. The first-order valence-corrected chi connectivity index (χ1v) is 6.91. The van der Waals surface area contributed by atoms with E-state index in [2.05, 4.69) is 33.2 Å². The van der Waals surface area contributed by atoms with Crippen LogP contribution >= 0.6 is 15.9 Å². The summed E-state index contributed by atoms with van der Waals surface area (Å²) in [5, 5.41) is 3.48. The molecular weight excluding hydrogens is 294 g/mol. The average Bonchev–Trinajstić information content (AvgIpc) is 2.81. The van der Waals surface area contributed by atoms with Crippen LogP contribution in [-0.4, -0.2) is 32.1 Å². The van der Waals surface area contributed by atoms with Crippen molar-refractivity contribution >= 4 is 27.5 Å². The molecule has 0 radical (unpaired) electrons. The molecule has 2 rings (SSSR count). The molecule has 1 saturated heterocycles. The monoisotopic (exact) mass is 311 g/mol. The third-order valence-electron chi connectivity index (χ3n) is 3.30. The Morgan fingerprint density at radius 3 is 2.94 bits per heavy atom. The number of carbonyl (C=O) groups excluding carboxylic acids is 1. The number of anilines is 1. The fourth-order valence-electron chi connectivity index (χ4n) is 2.31. The van der Waals surface area contributed by atoms with Crippen LogP contribution in [0.2, 0.25) is 0 Å². The Bertz CT molecular complexity index is 444. The number of nitrogens with two attached hydrogens (primary N) is 1. The van der Waals surface area contributed by atoms with Crippen LogP contribution in [0.25, 0.3) is 0 Å². The van der Waals surface area contributed by atoms with Gasteiger partial charge >= 0.3 is 0 Å². The Labute approximate surface area is 116 Å². The number of hydrogen-bond acceptors (Lipinski definition) is 3. The fourth-order valence-corrected chi connectivity index (χ4v) is 2.99. The Hall–Kier alpha value is -1.07. The van der Waals surface area contributed by atoms with Gasteiger partial charge in [0.2, 0.25) is 5.91 Å². The van der Waals surface area contributed by atoms with Gasteiger partial charge in [0.1, 0.15) is 0 Å². The van der Waals surface area contributed by atoms with E-state index in [1.165, 1.54) is 12.8 Å². The van der Waals surface area contributed by atoms with Crippen molar-refractivity contribution in [3.63, 3.8) is 0 Å². The first kappa shape index (κ1) is 13.4. The van der Waals surface area contributed by atoms with Gasteiger partial charge in [-0.25, -0.2) is 0 Å². The molecule has 3 N–H and O–H groups in total. The summed E-state index contributed by atoms with van der Waals surface area (Å²) in [5.74, 6) is -0.401. The zero-order valence-electron chi connectivity index (χ0n) is 10.4. The maximum atomic E-state index is 11.1. The molecule has 0 bridgehead atoms. The van der Waals surface area contributed by atoms with Gasteiger partial charge in [-0.1, -0.05) is 0 Å². The van der Waals surface area contributed by atoms with Gasteiger partial charge < -0.3 is 16.0 Å².